The number of hydrogen-bond donors (Lipinski definition) is 1. The minimum Gasteiger partial charge on any atom is -0.349 e. The van der Waals surface area contributed by atoms with Crippen LogP contribution >= 0.6 is 0 Å². The summed E-state index contributed by atoms with van der Waals surface area (Å²) in [6.07, 6.45) is 1.67. The smallest absolute Gasteiger partial charge is 0.349 e. The number of alkyl halides is 3. The summed E-state index contributed by atoms with van der Waals surface area (Å²) in [5, 5.41) is 7.06. The number of amides is 1. The molecular weight excluding hydrogens is 377 g/mol. The quantitative estimate of drug-likeness (QED) is 0.603. The van der Waals surface area contributed by atoms with Crippen molar-refractivity contribution in [2.24, 2.45) is 12.0 Å². The summed E-state index contributed by atoms with van der Waals surface area (Å²) in [7, 11) is 3.33. The molecule has 0 bridgehead atoms. The van der Waals surface area contributed by atoms with Gasteiger partial charge in [0, 0.05) is 45.8 Å². The fraction of sp³-hybridized carbons (Fsp3) is 0.500. The first-order chi connectivity index (χ1) is 13.3. The van der Waals surface area contributed by atoms with Crippen molar-refractivity contribution in [3.63, 3.8) is 0 Å². The minimum atomic E-state index is -4.33. The van der Waals surface area contributed by atoms with E-state index < -0.39 is 12.7 Å². The molecule has 152 valence electrons. The highest BCUT2D eigenvalue weighted by Crippen LogP contribution is 2.18. The molecule has 0 aromatic carbocycles. The first kappa shape index (κ1) is 19.7. The van der Waals surface area contributed by atoms with Crippen LogP contribution in [0.3, 0.4) is 0 Å². The second-order valence-corrected chi connectivity index (χ2v) is 6.33. The summed E-state index contributed by atoms with van der Waals surface area (Å²) in [4.78, 5) is 24.0. The van der Waals surface area contributed by atoms with Crippen molar-refractivity contribution in [3.05, 3.63) is 30.6 Å². The third kappa shape index (κ3) is 4.61. The molecule has 0 radical (unpaired) electrons. The second-order valence-electron chi connectivity index (χ2n) is 6.33. The van der Waals surface area contributed by atoms with E-state index in [4.69, 9.17) is 0 Å². The number of aromatic nitrogens is 4. The monoisotopic (exact) mass is 398 g/mol. The van der Waals surface area contributed by atoms with Crippen molar-refractivity contribution < 1.29 is 18.0 Å². The fourth-order valence-corrected chi connectivity index (χ4v) is 3.01. The van der Waals surface area contributed by atoms with Crippen LogP contribution in [0, 0.1) is 0 Å². The molecule has 3 rings (SSSR count). The lowest BCUT2D eigenvalue weighted by molar-refractivity contribution is -0.141. The van der Waals surface area contributed by atoms with Gasteiger partial charge < -0.3 is 19.7 Å². The SMILES string of the molecule is CN=C(NCc1nccn1CC(F)(F)F)N1CCN(c2cnn(C)c2)C(=O)C1. The standard InChI is InChI=1S/C16H21F3N8O/c1-20-15(22-8-13-21-3-4-26(13)11-16(17,18)19)25-5-6-27(14(28)10-25)12-7-23-24(2)9-12/h3-4,7,9H,5-6,8,10-11H2,1-2H3,(H,20,22). The molecule has 0 atom stereocenters. The number of anilines is 1. The highest BCUT2D eigenvalue weighted by Gasteiger charge is 2.30. The van der Waals surface area contributed by atoms with E-state index in [1.54, 1.807) is 41.0 Å². The number of carbonyl (C=O) groups is 1. The zero-order valence-corrected chi connectivity index (χ0v) is 15.5. The van der Waals surface area contributed by atoms with Crippen LogP contribution in [-0.4, -0.2) is 69.0 Å². The van der Waals surface area contributed by atoms with Gasteiger partial charge in [0.15, 0.2) is 5.96 Å². The normalized spacial score (nSPS) is 16.0. The summed E-state index contributed by atoms with van der Waals surface area (Å²) >= 11 is 0. The van der Waals surface area contributed by atoms with Crippen LogP contribution in [0.2, 0.25) is 0 Å². The van der Waals surface area contributed by atoms with Crippen LogP contribution in [0.25, 0.3) is 0 Å². The van der Waals surface area contributed by atoms with Crippen molar-refractivity contribution in [1.82, 2.24) is 29.5 Å². The lowest BCUT2D eigenvalue weighted by Crippen LogP contribution is -2.55. The fourth-order valence-electron chi connectivity index (χ4n) is 3.01. The summed E-state index contributed by atoms with van der Waals surface area (Å²) in [6, 6.07) is 0. The molecule has 1 N–H and O–H groups in total. The highest BCUT2D eigenvalue weighted by atomic mass is 19.4. The maximum absolute atomic E-state index is 12.6. The summed E-state index contributed by atoms with van der Waals surface area (Å²) in [5.41, 5.74) is 0.726. The lowest BCUT2D eigenvalue weighted by atomic mass is 10.3. The number of piperazine rings is 1. The van der Waals surface area contributed by atoms with Gasteiger partial charge in [-0.1, -0.05) is 0 Å². The first-order valence-corrected chi connectivity index (χ1v) is 8.58. The van der Waals surface area contributed by atoms with Crippen molar-refractivity contribution in [1.29, 1.82) is 0 Å². The summed E-state index contributed by atoms with van der Waals surface area (Å²) in [6.45, 7) is 0.0361. The zero-order chi connectivity index (χ0) is 20.3. The van der Waals surface area contributed by atoms with Gasteiger partial charge in [-0.25, -0.2) is 4.98 Å². The van der Waals surface area contributed by atoms with Crippen LogP contribution in [0.1, 0.15) is 5.82 Å². The molecule has 3 heterocycles. The van der Waals surface area contributed by atoms with E-state index in [1.165, 1.54) is 12.4 Å². The summed E-state index contributed by atoms with van der Waals surface area (Å²) < 4.78 is 40.5. The Bertz CT molecular complexity index is 856. The van der Waals surface area contributed by atoms with E-state index in [1.807, 2.05) is 0 Å². The predicted octanol–water partition coefficient (Wildman–Crippen LogP) is 0.603. The molecule has 9 nitrogen and oxygen atoms in total. The Morgan fingerprint density at radius 3 is 2.75 bits per heavy atom. The first-order valence-electron chi connectivity index (χ1n) is 8.58. The van der Waals surface area contributed by atoms with E-state index >= 15 is 0 Å². The molecule has 0 saturated carbocycles. The molecule has 2 aromatic rings. The molecule has 0 spiro atoms. The molecule has 0 aliphatic carbocycles. The van der Waals surface area contributed by atoms with Crippen LogP contribution < -0.4 is 10.2 Å². The Morgan fingerprint density at radius 1 is 1.36 bits per heavy atom. The molecule has 1 fully saturated rings. The van der Waals surface area contributed by atoms with Crippen molar-refractivity contribution in [3.8, 4) is 0 Å². The third-order valence-corrected chi connectivity index (χ3v) is 4.29. The number of aliphatic imine (C=N–C) groups is 1. The molecule has 1 aliphatic heterocycles. The van der Waals surface area contributed by atoms with E-state index in [0.29, 0.717) is 19.0 Å². The molecule has 0 unspecified atom stereocenters. The Morgan fingerprint density at radius 2 is 2.14 bits per heavy atom. The average molecular weight is 398 g/mol. The van der Waals surface area contributed by atoms with Gasteiger partial charge in [0.05, 0.1) is 18.4 Å². The van der Waals surface area contributed by atoms with E-state index in [0.717, 1.165) is 10.3 Å². The molecule has 28 heavy (non-hydrogen) atoms. The van der Waals surface area contributed by atoms with Gasteiger partial charge >= 0.3 is 6.18 Å². The van der Waals surface area contributed by atoms with E-state index in [-0.39, 0.29) is 24.8 Å². The van der Waals surface area contributed by atoms with Crippen LogP contribution in [-0.2, 0) is 24.9 Å². The number of hydrogen-bond acceptors (Lipinski definition) is 4. The second kappa shape index (κ2) is 7.90. The molecule has 2 aromatic heterocycles. The predicted molar refractivity (Wildman–Crippen MR) is 95.6 cm³/mol. The number of nitrogens with zero attached hydrogens (tertiary/aromatic N) is 7. The number of rotatable bonds is 4. The van der Waals surface area contributed by atoms with Crippen LogP contribution in [0.4, 0.5) is 18.9 Å². The minimum absolute atomic E-state index is 0.0623. The molecule has 1 saturated heterocycles. The molecular formula is C16H21F3N8O. The number of halogens is 3. The number of nitrogens with one attached hydrogen (secondary N) is 1. The van der Waals surface area contributed by atoms with Crippen LogP contribution in [0.15, 0.2) is 29.8 Å². The molecule has 12 heteroatoms. The number of carbonyl (C=O) groups excluding carboxylic acids is 1. The van der Waals surface area contributed by atoms with Gasteiger partial charge in [0.25, 0.3) is 0 Å². The molecule has 1 aliphatic rings. The maximum Gasteiger partial charge on any atom is 0.406 e. The van der Waals surface area contributed by atoms with Gasteiger partial charge in [0.1, 0.15) is 18.9 Å². The average Bonchev–Trinajstić information content (AvgIpc) is 3.23. The van der Waals surface area contributed by atoms with Crippen LogP contribution in [0.5, 0.6) is 0 Å². The molecule has 1 amide bonds. The van der Waals surface area contributed by atoms with Crippen molar-refractivity contribution >= 4 is 17.6 Å². The largest absolute Gasteiger partial charge is 0.406 e. The Kier molecular flexibility index (Phi) is 5.56. The Hall–Kier alpha value is -3.05. The number of guanidine groups is 1. The van der Waals surface area contributed by atoms with Crippen molar-refractivity contribution in [2.75, 3.05) is 31.6 Å². The lowest BCUT2D eigenvalue weighted by Gasteiger charge is -2.35. The Balaban J connectivity index is 1.60. The van der Waals surface area contributed by atoms with Gasteiger partial charge in [-0.2, -0.15) is 18.3 Å². The van der Waals surface area contributed by atoms with Gasteiger partial charge in [0.2, 0.25) is 5.91 Å². The van der Waals surface area contributed by atoms with Gasteiger partial charge in [-0.3, -0.25) is 14.5 Å². The summed E-state index contributed by atoms with van der Waals surface area (Å²) in [5.74, 6) is 0.556. The third-order valence-electron chi connectivity index (χ3n) is 4.29. The topological polar surface area (TPSA) is 83.6 Å². The van der Waals surface area contributed by atoms with Crippen molar-refractivity contribution in [2.45, 2.75) is 19.3 Å². The van der Waals surface area contributed by atoms with Gasteiger partial charge in [-0.05, 0) is 0 Å². The van der Waals surface area contributed by atoms with Gasteiger partial charge in [-0.15, -0.1) is 0 Å². The van der Waals surface area contributed by atoms with E-state index in [2.05, 4.69) is 20.4 Å². The van der Waals surface area contributed by atoms with E-state index in [9.17, 15) is 18.0 Å². The number of imidazole rings is 1. The number of aryl methyl sites for hydroxylation is 1. The Labute approximate surface area is 159 Å². The highest BCUT2D eigenvalue weighted by molar-refractivity contribution is 5.98. The maximum atomic E-state index is 12.6. The zero-order valence-electron chi connectivity index (χ0n) is 15.5.